The zero-order valence-electron chi connectivity index (χ0n) is 14.1. The van der Waals surface area contributed by atoms with Crippen LogP contribution >= 0.6 is 15.9 Å². The van der Waals surface area contributed by atoms with E-state index in [1.54, 1.807) is 30.4 Å². The molecule has 0 bridgehead atoms. The maximum atomic E-state index is 12.8. The van der Waals surface area contributed by atoms with Gasteiger partial charge < -0.3 is 10.0 Å². The second-order valence-electron chi connectivity index (χ2n) is 6.11. The van der Waals surface area contributed by atoms with Crippen LogP contribution in [0.2, 0.25) is 0 Å². The Labute approximate surface area is 160 Å². The van der Waals surface area contributed by atoms with Crippen molar-refractivity contribution in [2.75, 3.05) is 11.4 Å². The number of allylic oxidation sites excluding steroid dienone is 1. The number of rotatable bonds is 6. The lowest BCUT2D eigenvalue weighted by Crippen LogP contribution is -2.41. The molecule has 1 atom stereocenters. The van der Waals surface area contributed by atoms with Crippen LogP contribution in [0.1, 0.15) is 17.5 Å². The molecule has 0 fully saturated rings. The summed E-state index contributed by atoms with van der Waals surface area (Å²) in [6.45, 7) is 3.93. The summed E-state index contributed by atoms with van der Waals surface area (Å²) in [5.74, 6) is -0.831. The second-order valence-corrected chi connectivity index (χ2v) is 7.03. The van der Waals surface area contributed by atoms with Crippen LogP contribution in [0, 0.1) is 0 Å². The molecule has 1 amide bonds. The van der Waals surface area contributed by atoms with Gasteiger partial charge in [0.15, 0.2) is 11.4 Å². The first kappa shape index (κ1) is 18.3. The number of amides is 1. The Balaban J connectivity index is 1.89. The average Bonchev–Trinajstić information content (AvgIpc) is 2.83. The zero-order chi connectivity index (χ0) is 18.7. The van der Waals surface area contributed by atoms with E-state index in [0.29, 0.717) is 11.3 Å². The standard InChI is InChI=1S/C21H18BrNO3/c1-2-12-23-19-11-9-16(22)13-18(19)21(26,20(23)25)14-17(24)10-8-15-6-4-3-5-7-15/h2-11,13,26H,1,12,14H2/b10-8+/t21-/m0/s1. The Bertz CT molecular complexity index is 891. The van der Waals surface area contributed by atoms with Gasteiger partial charge in [0.05, 0.1) is 12.1 Å². The van der Waals surface area contributed by atoms with Gasteiger partial charge in [-0.05, 0) is 29.8 Å². The minimum absolute atomic E-state index is 0.268. The lowest BCUT2D eigenvalue weighted by atomic mass is 9.89. The predicted octanol–water partition coefficient (Wildman–Crippen LogP) is 3.84. The summed E-state index contributed by atoms with van der Waals surface area (Å²) < 4.78 is 0.732. The number of carbonyl (C=O) groups is 2. The van der Waals surface area contributed by atoms with Crippen molar-refractivity contribution < 1.29 is 14.7 Å². The lowest BCUT2D eigenvalue weighted by Gasteiger charge is -2.21. The van der Waals surface area contributed by atoms with Gasteiger partial charge in [0.25, 0.3) is 5.91 Å². The van der Waals surface area contributed by atoms with E-state index < -0.39 is 11.5 Å². The summed E-state index contributed by atoms with van der Waals surface area (Å²) in [6, 6.07) is 14.6. The number of fused-ring (bicyclic) bond motifs is 1. The number of carbonyl (C=O) groups excluding carboxylic acids is 2. The van der Waals surface area contributed by atoms with E-state index in [4.69, 9.17) is 0 Å². The highest BCUT2D eigenvalue weighted by molar-refractivity contribution is 9.10. The molecule has 0 radical (unpaired) electrons. The van der Waals surface area contributed by atoms with E-state index in [1.165, 1.54) is 11.0 Å². The largest absolute Gasteiger partial charge is 0.375 e. The molecule has 0 aromatic heterocycles. The molecular weight excluding hydrogens is 394 g/mol. The summed E-state index contributed by atoms with van der Waals surface area (Å²) in [4.78, 5) is 26.7. The van der Waals surface area contributed by atoms with Crippen molar-refractivity contribution >= 4 is 39.4 Å². The van der Waals surface area contributed by atoms with Crippen LogP contribution in [0.4, 0.5) is 5.69 Å². The highest BCUT2D eigenvalue weighted by Gasteiger charge is 2.50. The quantitative estimate of drug-likeness (QED) is 0.580. The number of hydrogen-bond acceptors (Lipinski definition) is 3. The average molecular weight is 412 g/mol. The van der Waals surface area contributed by atoms with Gasteiger partial charge in [0.1, 0.15) is 0 Å². The maximum Gasteiger partial charge on any atom is 0.264 e. The third kappa shape index (κ3) is 3.41. The van der Waals surface area contributed by atoms with E-state index in [2.05, 4.69) is 22.5 Å². The van der Waals surface area contributed by atoms with Gasteiger partial charge in [-0.15, -0.1) is 6.58 Å². The third-order valence-electron chi connectivity index (χ3n) is 4.30. The second kappa shape index (κ2) is 7.40. The van der Waals surface area contributed by atoms with Crippen molar-refractivity contribution in [3.8, 4) is 0 Å². The van der Waals surface area contributed by atoms with Crippen molar-refractivity contribution in [1.82, 2.24) is 0 Å². The summed E-state index contributed by atoms with van der Waals surface area (Å²) >= 11 is 3.36. The zero-order valence-corrected chi connectivity index (χ0v) is 15.6. The van der Waals surface area contributed by atoms with Gasteiger partial charge >= 0.3 is 0 Å². The molecule has 26 heavy (non-hydrogen) atoms. The molecule has 0 unspecified atom stereocenters. The number of ketones is 1. The molecular formula is C21H18BrNO3. The molecule has 0 saturated carbocycles. The summed E-state index contributed by atoms with van der Waals surface area (Å²) in [5.41, 5.74) is 0.0305. The molecule has 0 spiro atoms. The smallest absolute Gasteiger partial charge is 0.264 e. The van der Waals surface area contributed by atoms with Crippen molar-refractivity contribution in [2.24, 2.45) is 0 Å². The fraction of sp³-hybridized carbons (Fsp3) is 0.143. The molecule has 1 aliphatic rings. The highest BCUT2D eigenvalue weighted by atomic mass is 79.9. The first-order valence-corrected chi connectivity index (χ1v) is 8.96. The molecule has 1 N–H and O–H groups in total. The molecule has 2 aromatic carbocycles. The van der Waals surface area contributed by atoms with E-state index in [-0.39, 0.29) is 18.7 Å². The number of hydrogen-bond donors (Lipinski definition) is 1. The van der Waals surface area contributed by atoms with E-state index in [1.807, 2.05) is 30.3 Å². The maximum absolute atomic E-state index is 12.8. The minimum atomic E-state index is -1.87. The summed E-state index contributed by atoms with van der Waals surface area (Å²) in [5, 5.41) is 11.1. The summed E-state index contributed by atoms with van der Waals surface area (Å²) in [7, 11) is 0. The molecule has 2 aromatic rings. The van der Waals surface area contributed by atoms with Crippen LogP contribution in [0.25, 0.3) is 6.08 Å². The first-order valence-electron chi connectivity index (χ1n) is 8.17. The van der Waals surface area contributed by atoms with Crippen LogP contribution in [0.15, 0.2) is 71.7 Å². The Morgan fingerprint density at radius 3 is 2.65 bits per heavy atom. The van der Waals surface area contributed by atoms with Gasteiger partial charge in [-0.3, -0.25) is 9.59 Å². The van der Waals surface area contributed by atoms with Crippen LogP contribution < -0.4 is 4.90 Å². The Kier molecular flexibility index (Phi) is 5.20. The first-order chi connectivity index (χ1) is 12.5. The number of aliphatic hydroxyl groups is 1. The molecule has 0 saturated heterocycles. The minimum Gasteiger partial charge on any atom is -0.375 e. The molecule has 132 valence electrons. The molecule has 3 rings (SSSR count). The predicted molar refractivity (Wildman–Crippen MR) is 106 cm³/mol. The van der Waals surface area contributed by atoms with Crippen LogP contribution in [0.5, 0.6) is 0 Å². The van der Waals surface area contributed by atoms with Gasteiger partial charge in [-0.1, -0.05) is 58.4 Å². The monoisotopic (exact) mass is 411 g/mol. The fourth-order valence-corrected chi connectivity index (χ4v) is 3.43. The fourth-order valence-electron chi connectivity index (χ4n) is 3.07. The molecule has 0 aliphatic carbocycles. The normalized spacial score (nSPS) is 19.0. The third-order valence-corrected chi connectivity index (χ3v) is 4.79. The molecule has 4 nitrogen and oxygen atoms in total. The number of nitrogens with zero attached hydrogens (tertiary/aromatic N) is 1. The van der Waals surface area contributed by atoms with Crippen LogP contribution in [-0.4, -0.2) is 23.3 Å². The molecule has 1 aliphatic heterocycles. The Morgan fingerprint density at radius 2 is 1.96 bits per heavy atom. The van der Waals surface area contributed by atoms with Crippen molar-refractivity contribution in [3.05, 3.63) is 82.9 Å². The topological polar surface area (TPSA) is 57.6 Å². The van der Waals surface area contributed by atoms with Gasteiger partial charge in [-0.25, -0.2) is 0 Å². The van der Waals surface area contributed by atoms with Gasteiger partial charge in [-0.2, -0.15) is 0 Å². The van der Waals surface area contributed by atoms with Crippen LogP contribution in [0.3, 0.4) is 0 Å². The molecule has 5 heteroatoms. The van der Waals surface area contributed by atoms with Crippen LogP contribution in [-0.2, 0) is 15.2 Å². The van der Waals surface area contributed by atoms with Crippen molar-refractivity contribution in [2.45, 2.75) is 12.0 Å². The van der Waals surface area contributed by atoms with E-state index >= 15 is 0 Å². The number of anilines is 1. The lowest BCUT2D eigenvalue weighted by molar-refractivity contribution is -0.140. The number of halogens is 1. The van der Waals surface area contributed by atoms with Gasteiger partial charge in [0, 0.05) is 16.6 Å². The SMILES string of the molecule is C=CCN1C(=O)[C@](O)(CC(=O)/C=C/c2ccccc2)c2cc(Br)ccc21. The molecule has 1 heterocycles. The van der Waals surface area contributed by atoms with Crippen molar-refractivity contribution in [1.29, 1.82) is 0 Å². The van der Waals surface area contributed by atoms with Gasteiger partial charge in [0.2, 0.25) is 0 Å². The highest BCUT2D eigenvalue weighted by Crippen LogP contribution is 2.43. The van der Waals surface area contributed by atoms with E-state index in [0.717, 1.165) is 10.0 Å². The Hall–Kier alpha value is -2.50. The van der Waals surface area contributed by atoms with Crippen molar-refractivity contribution in [3.63, 3.8) is 0 Å². The Morgan fingerprint density at radius 1 is 1.23 bits per heavy atom. The van der Waals surface area contributed by atoms with E-state index in [9.17, 15) is 14.7 Å². The summed E-state index contributed by atoms with van der Waals surface area (Å²) in [6.07, 6.45) is 4.35. The number of benzene rings is 2.